The van der Waals surface area contributed by atoms with Gasteiger partial charge in [0.25, 0.3) is 5.91 Å². The van der Waals surface area contributed by atoms with E-state index in [2.05, 4.69) is 15.7 Å². The van der Waals surface area contributed by atoms with Crippen LogP contribution in [0.25, 0.3) is 0 Å². The first-order valence-corrected chi connectivity index (χ1v) is 8.16. The molecule has 0 saturated carbocycles. The molecular weight excluding hydrogens is 363 g/mol. The summed E-state index contributed by atoms with van der Waals surface area (Å²) >= 11 is 0. The number of benzene rings is 3. The van der Waals surface area contributed by atoms with Gasteiger partial charge in [0.2, 0.25) is 0 Å². The van der Waals surface area contributed by atoms with E-state index in [4.69, 9.17) is 10.6 Å². The molecule has 8 heteroatoms. The molecule has 0 unspecified atom stereocenters. The fourth-order valence-corrected chi connectivity index (χ4v) is 2.13. The normalized spacial score (nSPS) is 10.6. The Kier molecular flexibility index (Phi) is 5.71. The van der Waals surface area contributed by atoms with Crippen LogP contribution in [0, 0.1) is 5.82 Å². The number of azo groups is 1. The van der Waals surface area contributed by atoms with E-state index in [1.54, 1.807) is 48.5 Å². The average Bonchev–Trinajstić information content (AvgIpc) is 2.72. The predicted molar refractivity (Wildman–Crippen MR) is 102 cm³/mol. The summed E-state index contributed by atoms with van der Waals surface area (Å²) in [6, 6.07) is 17.7. The highest BCUT2D eigenvalue weighted by Crippen LogP contribution is 2.18. The molecule has 0 spiro atoms. The van der Waals surface area contributed by atoms with Gasteiger partial charge in [-0.3, -0.25) is 4.79 Å². The Labute approximate surface area is 159 Å². The number of carbonyl (C=O) groups excluding carboxylic acids is 2. The minimum absolute atomic E-state index is 0.209. The largest absolute Gasteiger partial charge is 0.399 e. The molecule has 0 fully saturated rings. The third-order valence-electron chi connectivity index (χ3n) is 3.62. The minimum Gasteiger partial charge on any atom is -0.399 e. The number of nitrogens with two attached hydrogens (primary N) is 1. The highest BCUT2D eigenvalue weighted by Gasteiger charge is 2.08. The lowest BCUT2D eigenvalue weighted by Gasteiger charge is -2.06. The van der Waals surface area contributed by atoms with E-state index in [1.807, 2.05) is 0 Å². The summed E-state index contributed by atoms with van der Waals surface area (Å²) in [5.74, 6) is -1.59. The maximum absolute atomic E-state index is 12.9. The number of rotatable bonds is 5. The molecule has 3 N–H and O–H groups in total. The fourth-order valence-electron chi connectivity index (χ4n) is 2.13. The summed E-state index contributed by atoms with van der Waals surface area (Å²) in [5.41, 5.74) is 10.1. The Morgan fingerprint density at radius 2 is 1.46 bits per heavy atom. The van der Waals surface area contributed by atoms with Gasteiger partial charge in [-0.2, -0.15) is 0 Å². The molecule has 3 rings (SSSR count). The van der Waals surface area contributed by atoms with Crippen molar-refractivity contribution in [2.45, 2.75) is 0 Å². The van der Waals surface area contributed by atoms with Crippen molar-refractivity contribution in [2.24, 2.45) is 10.2 Å². The molecular formula is C20H15FN4O3. The van der Waals surface area contributed by atoms with Crippen molar-refractivity contribution in [1.29, 1.82) is 0 Å². The monoisotopic (exact) mass is 378 g/mol. The highest BCUT2D eigenvalue weighted by molar-refractivity contribution is 5.95. The van der Waals surface area contributed by atoms with Crippen LogP contribution in [-0.4, -0.2) is 11.9 Å². The topological polar surface area (TPSA) is 106 Å². The van der Waals surface area contributed by atoms with Crippen LogP contribution in [0.5, 0.6) is 0 Å². The van der Waals surface area contributed by atoms with Gasteiger partial charge >= 0.3 is 5.97 Å². The van der Waals surface area contributed by atoms with Crippen molar-refractivity contribution in [2.75, 3.05) is 11.2 Å². The van der Waals surface area contributed by atoms with Crippen LogP contribution in [0.3, 0.4) is 0 Å². The van der Waals surface area contributed by atoms with Crippen LogP contribution < -0.4 is 11.2 Å². The number of nitrogens with zero attached hydrogens (tertiary/aromatic N) is 2. The molecule has 28 heavy (non-hydrogen) atoms. The first-order chi connectivity index (χ1) is 13.5. The molecule has 3 aromatic carbocycles. The second-order valence-corrected chi connectivity index (χ2v) is 5.67. The van der Waals surface area contributed by atoms with Crippen molar-refractivity contribution in [3.8, 4) is 0 Å². The van der Waals surface area contributed by atoms with E-state index < -0.39 is 17.7 Å². The molecule has 0 aliphatic heterocycles. The van der Waals surface area contributed by atoms with E-state index >= 15 is 0 Å². The molecule has 0 heterocycles. The molecule has 140 valence electrons. The van der Waals surface area contributed by atoms with Gasteiger partial charge in [-0.1, -0.05) is 0 Å². The number of nitrogens with one attached hydrogen (secondary N) is 1. The van der Waals surface area contributed by atoms with E-state index in [0.717, 1.165) is 0 Å². The fraction of sp³-hybridized carbons (Fsp3) is 0. The van der Waals surface area contributed by atoms with E-state index in [9.17, 15) is 14.0 Å². The molecule has 1 amide bonds. The second-order valence-electron chi connectivity index (χ2n) is 5.67. The summed E-state index contributed by atoms with van der Waals surface area (Å²) in [6.07, 6.45) is 0. The van der Waals surface area contributed by atoms with Gasteiger partial charge in [-0.25, -0.2) is 14.7 Å². The van der Waals surface area contributed by atoms with Crippen molar-refractivity contribution in [1.82, 2.24) is 0 Å². The molecule has 0 aliphatic carbocycles. The SMILES string of the molecule is Nc1ccc(C(=O)N=Nc2ccc(NOC(=O)c3ccc(F)cc3)cc2)cc1. The zero-order valence-corrected chi connectivity index (χ0v) is 14.5. The zero-order valence-electron chi connectivity index (χ0n) is 14.5. The number of halogens is 1. The van der Waals surface area contributed by atoms with Crippen LogP contribution in [0.2, 0.25) is 0 Å². The van der Waals surface area contributed by atoms with Crippen LogP contribution in [-0.2, 0) is 4.84 Å². The zero-order chi connectivity index (χ0) is 19.9. The van der Waals surface area contributed by atoms with Crippen LogP contribution in [0.4, 0.5) is 21.5 Å². The molecule has 0 aromatic heterocycles. The molecule has 0 saturated heterocycles. The first-order valence-electron chi connectivity index (χ1n) is 8.16. The Balaban J connectivity index is 1.55. The van der Waals surface area contributed by atoms with Gasteiger partial charge in [0, 0.05) is 11.3 Å². The third kappa shape index (κ3) is 4.98. The Morgan fingerprint density at radius 3 is 2.11 bits per heavy atom. The lowest BCUT2D eigenvalue weighted by Crippen LogP contribution is -2.10. The van der Waals surface area contributed by atoms with Crippen LogP contribution in [0.1, 0.15) is 20.7 Å². The minimum atomic E-state index is -0.655. The molecule has 0 aliphatic rings. The van der Waals surface area contributed by atoms with Gasteiger partial charge in [-0.05, 0) is 72.8 Å². The van der Waals surface area contributed by atoms with E-state index in [-0.39, 0.29) is 5.56 Å². The first kappa shape index (κ1) is 18.7. The summed E-state index contributed by atoms with van der Waals surface area (Å²) in [6.45, 7) is 0. The molecule has 7 nitrogen and oxygen atoms in total. The standard InChI is InChI=1S/C20H15FN4O3/c21-15-5-1-14(2-6-15)20(27)28-25-18-11-9-17(10-12-18)23-24-19(26)13-3-7-16(22)8-4-13/h1-12,25H,22H2. The number of anilines is 2. The van der Waals surface area contributed by atoms with Gasteiger partial charge < -0.3 is 10.6 Å². The molecule has 3 aromatic rings. The van der Waals surface area contributed by atoms with Gasteiger partial charge in [0.15, 0.2) is 0 Å². The van der Waals surface area contributed by atoms with Gasteiger partial charge in [0.05, 0.1) is 16.9 Å². The Bertz CT molecular complexity index is 1000. The summed E-state index contributed by atoms with van der Waals surface area (Å²) in [7, 11) is 0. The second kappa shape index (κ2) is 8.54. The van der Waals surface area contributed by atoms with Gasteiger partial charge in [-0.15, -0.1) is 10.2 Å². The average molecular weight is 378 g/mol. The Morgan fingerprint density at radius 1 is 0.857 bits per heavy atom. The number of hydrogen-bond acceptors (Lipinski definition) is 6. The summed E-state index contributed by atoms with van der Waals surface area (Å²) in [4.78, 5) is 28.7. The smallest absolute Gasteiger partial charge is 0.362 e. The highest BCUT2D eigenvalue weighted by atomic mass is 19.1. The van der Waals surface area contributed by atoms with E-state index in [1.165, 1.54) is 24.3 Å². The molecule has 0 radical (unpaired) electrons. The third-order valence-corrected chi connectivity index (χ3v) is 3.62. The van der Waals surface area contributed by atoms with E-state index in [0.29, 0.717) is 22.6 Å². The van der Waals surface area contributed by atoms with Crippen molar-refractivity contribution < 1.29 is 18.8 Å². The predicted octanol–water partition coefficient (Wildman–Crippen LogP) is 4.52. The van der Waals surface area contributed by atoms with Gasteiger partial charge in [0.1, 0.15) is 5.82 Å². The van der Waals surface area contributed by atoms with Crippen molar-refractivity contribution in [3.05, 3.63) is 89.7 Å². The number of nitrogen functional groups attached to an aromatic ring is 1. The maximum Gasteiger partial charge on any atom is 0.362 e. The van der Waals surface area contributed by atoms with Crippen molar-refractivity contribution >= 4 is 28.9 Å². The number of amides is 1. The lowest BCUT2D eigenvalue weighted by atomic mass is 10.2. The maximum atomic E-state index is 12.9. The Hall–Kier alpha value is -4.07. The van der Waals surface area contributed by atoms with Crippen LogP contribution >= 0.6 is 0 Å². The number of hydrogen-bond donors (Lipinski definition) is 2. The number of carbonyl (C=O) groups is 2. The lowest BCUT2D eigenvalue weighted by molar-refractivity contribution is 0.0596. The quantitative estimate of drug-likeness (QED) is 0.386. The summed E-state index contributed by atoms with van der Waals surface area (Å²) < 4.78 is 12.9. The van der Waals surface area contributed by atoms with Crippen molar-refractivity contribution in [3.63, 3.8) is 0 Å². The van der Waals surface area contributed by atoms with Crippen LogP contribution in [0.15, 0.2) is 83.0 Å². The molecule has 0 atom stereocenters. The summed E-state index contributed by atoms with van der Waals surface area (Å²) in [5, 5.41) is 7.52. The molecule has 0 bridgehead atoms.